The molecule has 54 valence electrons. The van der Waals surface area contributed by atoms with E-state index in [0.29, 0.717) is 12.7 Å². The molecule has 0 saturated carbocycles. The van der Waals surface area contributed by atoms with Crippen LogP contribution in [0.1, 0.15) is 13.3 Å². The van der Waals surface area contributed by atoms with Crippen LogP contribution in [-0.4, -0.2) is 21.2 Å². The lowest BCUT2D eigenvalue weighted by atomic mass is 10.3. The van der Waals surface area contributed by atoms with E-state index in [1.807, 2.05) is 0 Å². The van der Waals surface area contributed by atoms with E-state index in [1.54, 1.807) is 6.92 Å². The van der Waals surface area contributed by atoms with Gasteiger partial charge in [0.1, 0.15) is 12.4 Å². The second kappa shape index (κ2) is 4.60. The normalized spacial score (nSPS) is 16.7. The van der Waals surface area contributed by atoms with Gasteiger partial charge in [0.25, 0.3) is 0 Å². The molecule has 0 aromatic carbocycles. The van der Waals surface area contributed by atoms with Crippen molar-refractivity contribution in [1.82, 2.24) is 0 Å². The third kappa shape index (κ3) is 4.26. The monoisotopic (exact) mass is 152 g/mol. The molecule has 2 unspecified atom stereocenters. The molecule has 0 heterocycles. The number of hydrogen-bond donors (Lipinski definition) is 1. The van der Waals surface area contributed by atoms with Gasteiger partial charge in [-0.2, -0.15) is 4.21 Å². The molecule has 4 nitrogen and oxygen atoms in total. The van der Waals surface area contributed by atoms with E-state index < -0.39 is 17.5 Å². The Bertz CT molecular complexity index is 113. The summed E-state index contributed by atoms with van der Waals surface area (Å²) in [5, 5.41) is 0. The van der Waals surface area contributed by atoms with Crippen LogP contribution >= 0.6 is 0 Å². The maximum Gasteiger partial charge on any atom is 0.302 e. The average Bonchev–Trinajstić information content (AvgIpc) is 1.82. The summed E-state index contributed by atoms with van der Waals surface area (Å²) >= 11 is -2.33. The van der Waals surface area contributed by atoms with Crippen molar-refractivity contribution in [3.8, 4) is 0 Å². The number of hydrogen-bond acceptors (Lipinski definition) is 3. The molecule has 0 rings (SSSR count). The molecule has 9 heavy (non-hydrogen) atoms. The topological polar surface area (TPSA) is 63.6 Å². The molecular weight excluding hydrogens is 144 g/mol. The summed E-state index contributed by atoms with van der Waals surface area (Å²) in [6, 6.07) is 0. The molecule has 5 heteroatoms. The Morgan fingerprint density at radius 1 is 1.89 bits per heavy atom. The summed E-state index contributed by atoms with van der Waals surface area (Å²) < 4.78 is 22.1. The fourth-order valence-electron chi connectivity index (χ4n) is 0.293. The lowest BCUT2D eigenvalue weighted by Gasteiger charge is -2.01. The molecular formula is C4H8O4S. The van der Waals surface area contributed by atoms with Crippen LogP contribution < -0.4 is 0 Å². The van der Waals surface area contributed by atoms with E-state index in [-0.39, 0.29) is 0 Å². The number of aldehydes is 1. The first kappa shape index (κ1) is 8.74. The number of carbonyl (C=O) groups excluding carboxylic acids is 1. The van der Waals surface area contributed by atoms with Crippen LogP contribution in [0.3, 0.4) is 0 Å². The first-order valence-corrected chi connectivity index (χ1v) is 3.47. The Morgan fingerprint density at radius 3 is 2.56 bits per heavy atom. The van der Waals surface area contributed by atoms with Crippen LogP contribution in [0.25, 0.3) is 0 Å². The fourth-order valence-corrected chi connectivity index (χ4v) is 0.686. The number of rotatable bonds is 4. The Hall–Kier alpha value is -0.260. The first-order valence-electron chi connectivity index (χ1n) is 2.44. The van der Waals surface area contributed by atoms with Gasteiger partial charge in [-0.15, -0.1) is 0 Å². The van der Waals surface area contributed by atoms with Crippen molar-refractivity contribution in [1.29, 1.82) is 0 Å². The largest absolute Gasteiger partial charge is 0.302 e. The highest BCUT2D eigenvalue weighted by Gasteiger charge is 2.06. The maximum absolute atomic E-state index is 9.90. The van der Waals surface area contributed by atoms with Crippen molar-refractivity contribution in [2.45, 2.75) is 19.4 Å². The van der Waals surface area contributed by atoms with Crippen molar-refractivity contribution in [2.24, 2.45) is 0 Å². The standard InChI is InChI=1S/C4H8O4S/c1-2-4(3-5)8-9(6)7/h3-4H,2H2,1H3,(H,6,7). The molecule has 2 atom stereocenters. The van der Waals surface area contributed by atoms with Crippen LogP contribution in [0.15, 0.2) is 0 Å². The zero-order valence-corrected chi connectivity index (χ0v) is 5.76. The van der Waals surface area contributed by atoms with Gasteiger partial charge in [0, 0.05) is 0 Å². The van der Waals surface area contributed by atoms with Gasteiger partial charge in [0.05, 0.1) is 0 Å². The van der Waals surface area contributed by atoms with Crippen LogP contribution in [0, 0.1) is 0 Å². The Morgan fingerprint density at radius 2 is 2.44 bits per heavy atom. The molecule has 0 fully saturated rings. The summed E-state index contributed by atoms with van der Waals surface area (Å²) in [6.45, 7) is 1.69. The Balaban J connectivity index is 3.55. The van der Waals surface area contributed by atoms with E-state index >= 15 is 0 Å². The Labute approximate surface area is 55.7 Å². The molecule has 0 bridgehead atoms. The minimum atomic E-state index is -2.33. The van der Waals surface area contributed by atoms with Crippen LogP contribution in [0.4, 0.5) is 0 Å². The quantitative estimate of drug-likeness (QED) is 0.459. The highest BCUT2D eigenvalue weighted by atomic mass is 32.2. The number of carbonyl (C=O) groups is 1. The third-order valence-electron chi connectivity index (χ3n) is 0.760. The highest BCUT2D eigenvalue weighted by Crippen LogP contribution is 1.94. The van der Waals surface area contributed by atoms with Gasteiger partial charge in [0.15, 0.2) is 0 Å². The second-order valence-electron chi connectivity index (χ2n) is 1.40. The molecule has 0 aromatic rings. The average molecular weight is 152 g/mol. The van der Waals surface area contributed by atoms with Crippen molar-refractivity contribution in [2.75, 3.05) is 0 Å². The molecule has 1 N–H and O–H groups in total. The summed E-state index contributed by atoms with van der Waals surface area (Å²) in [5.41, 5.74) is 0. The molecule has 0 saturated heterocycles. The van der Waals surface area contributed by atoms with E-state index in [9.17, 15) is 9.00 Å². The van der Waals surface area contributed by atoms with E-state index in [1.165, 1.54) is 0 Å². The van der Waals surface area contributed by atoms with Gasteiger partial charge < -0.3 is 4.79 Å². The van der Waals surface area contributed by atoms with Gasteiger partial charge in [0.2, 0.25) is 0 Å². The van der Waals surface area contributed by atoms with Crippen molar-refractivity contribution in [3.05, 3.63) is 0 Å². The second-order valence-corrected chi connectivity index (χ2v) is 2.02. The first-order chi connectivity index (χ1) is 4.20. The summed E-state index contributed by atoms with van der Waals surface area (Å²) in [7, 11) is 0. The third-order valence-corrected chi connectivity index (χ3v) is 1.17. The molecule has 0 amide bonds. The minimum Gasteiger partial charge on any atom is -0.300 e. The summed E-state index contributed by atoms with van der Waals surface area (Å²) in [6.07, 6.45) is 0.153. The summed E-state index contributed by atoms with van der Waals surface area (Å²) in [4.78, 5) is 9.90. The molecule has 0 aromatic heterocycles. The summed E-state index contributed by atoms with van der Waals surface area (Å²) in [5.74, 6) is 0. The predicted octanol–water partition coefficient (Wildman–Crippen LogP) is 0.117. The van der Waals surface area contributed by atoms with Crippen LogP contribution in [-0.2, 0) is 20.3 Å². The van der Waals surface area contributed by atoms with E-state index in [4.69, 9.17) is 4.55 Å². The smallest absolute Gasteiger partial charge is 0.300 e. The fraction of sp³-hybridized carbons (Fsp3) is 0.750. The Kier molecular flexibility index (Phi) is 4.47. The molecule has 0 radical (unpaired) electrons. The molecule has 0 aliphatic carbocycles. The lowest BCUT2D eigenvalue weighted by molar-refractivity contribution is -0.113. The van der Waals surface area contributed by atoms with Crippen LogP contribution in [0.5, 0.6) is 0 Å². The lowest BCUT2D eigenvalue weighted by Crippen LogP contribution is -2.13. The van der Waals surface area contributed by atoms with Crippen molar-refractivity contribution >= 4 is 17.6 Å². The SMILES string of the molecule is CCC(C=O)OS(=O)O. The van der Waals surface area contributed by atoms with Crippen LogP contribution in [0.2, 0.25) is 0 Å². The zero-order chi connectivity index (χ0) is 7.28. The zero-order valence-electron chi connectivity index (χ0n) is 4.94. The maximum atomic E-state index is 9.90. The predicted molar refractivity (Wildman–Crippen MR) is 32.0 cm³/mol. The van der Waals surface area contributed by atoms with E-state index in [0.717, 1.165) is 0 Å². The molecule has 0 aliphatic rings. The highest BCUT2D eigenvalue weighted by molar-refractivity contribution is 7.74. The molecule has 0 spiro atoms. The van der Waals surface area contributed by atoms with Gasteiger partial charge in [-0.05, 0) is 6.42 Å². The van der Waals surface area contributed by atoms with E-state index in [2.05, 4.69) is 4.18 Å². The van der Waals surface area contributed by atoms with Gasteiger partial charge in [-0.25, -0.2) is 0 Å². The molecule has 0 aliphatic heterocycles. The van der Waals surface area contributed by atoms with Gasteiger partial charge in [-0.3, -0.25) is 8.74 Å². The minimum absolute atomic E-state index is 0.413. The van der Waals surface area contributed by atoms with Gasteiger partial charge >= 0.3 is 11.4 Å². The van der Waals surface area contributed by atoms with Crippen molar-refractivity contribution < 1.29 is 17.7 Å². The van der Waals surface area contributed by atoms with Gasteiger partial charge in [-0.1, -0.05) is 6.92 Å². The van der Waals surface area contributed by atoms with Crippen molar-refractivity contribution in [3.63, 3.8) is 0 Å².